The van der Waals surface area contributed by atoms with Crippen molar-refractivity contribution in [1.82, 2.24) is 0 Å². The molecule has 0 radical (unpaired) electrons. The van der Waals surface area contributed by atoms with E-state index in [1.54, 1.807) is 0 Å². The number of benzene rings is 2. The molecule has 1 N–H and O–H groups in total. The Bertz CT molecular complexity index is 706. The minimum atomic E-state index is -0.469. The van der Waals surface area contributed by atoms with Crippen LogP contribution < -0.4 is 5.32 Å². The molecule has 0 atom stereocenters. The molecule has 1 aliphatic rings. The molecule has 126 valence electrons. The number of hydrogen-bond acceptors (Lipinski definition) is 4. The highest BCUT2D eigenvalue weighted by atomic mass is 16.7. The summed E-state index contributed by atoms with van der Waals surface area (Å²) in [6.45, 7) is 5.44. The Labute approximate surface area is 141 Å². The van der Waals surface area contributed by atoms with Gasteiger partial charge in [-0.15, -0.1) is 0 Å². The number of carbonyl (C=O) groups excluding carboxylic acids is 1. The van der Waals surface area contributed by atoms with Crippen molar-refractivity contribution in [2.45, 2.75) is 26.7 Å². The zero-order valence-corrected chi connectivity index (χ0v) is 13.9. The third-order valence-electron chi connectivity index (χ3n) is 3.88. The van der Waals surface area contributed by atoms with Gasteiger partial charge in [-0.2, -0.15) is 0 Å². The van der Waals surface area contributed by atoms with Crippen molar-refractivity contribution in [3.05, 3.63) is 64.7 Å². The molecule has 0 saturated carbocycles. The van der Waals surface area contributed by atoms with E-state index in [0.717, 1.165) is 22.3 Å². The predicted molar refractivity (Wildman–Crippen MR) is 90.8 cm³/mol. The molecule has 2 aromatic rings. The van der Waals surface area contributed by atoms with Crippen molar-refractivity contribution < 1.29 is 19.0 Å². The Balaban J connectivity index is 1.55. The lowest BCUT2D eigenvalue weighted by Crippen LogP contribution is -2.13. The Morgan fingerprint density at radius 3 is 2.50 bits per heavy atom. The lowest BCUT2D eigenvalue weighted by Gasteiger charge is -2.14. The highest BCUT2D eigenvalue weighted by Crippen LogP contribution is 2.26. The van der Waals surface area contributed by atoms with Crippen molar-refractivity contribution in [3.8, 4) is 0 Å². The van der Waals surface area contributed by atoms with Gasteiger partial charge in [0, 0.05) is 11.3 Å². The van der Waals surface area contributed by atoms with E-state index < -0.39 is 6.09 Å². The second-order valence-corrected chi connectivity index (χ2v) is 5.83. The zero-order chi connectivity index (χ0) is 16.9. The molecule has 5 nitrogen and oxygen atoms in total. The number of anilines is 1. The van der Waals surface area contributed by atoms with E-state index in [0.29, 0.717) is 18.9 Å². The minimum Gasteiger partial charge on any atom is -0.444 e. The Hall–Kier alpha value is -2.37. The zero-order valence-electron chi connectivity index (χ0n) is 13.9. The molecule has 2 aromatic carbocycles. The van der Waals surface area contributed by atoms with Gasteiger partial charge in [-0.05, 0) is 37.1 Å². The molecule has 1 amide bonds. The highest BCUT2D eigenvalue weighted by Gasteiger charge is 2.20. The summed E-state index contributed by atoms with van der Waals surface area (Å²) >= 11 is 0. The Kier molecular flexibility index (Phi) is 5.13. The van der Waals surface area contributed by atoms with Gasteiger partial charge in [0.05, 0.1) is 13.2 Å². The maximum atomic E-state index is 11.9. The lowest BCUT2D eigenvalue weighted by molar-refractivity contribution is -0.0445. The molecule has 0 spiro atoms. The van der Waals surface area contributed by atoms with Crippen molar-refractivity contribution in [3.63, 3.8) is 0 Å². The fourth-order valence-electron chi connectivity index (χ4n) is 2.57. The molecule has 24 heavy (non-hydrogen) atoms. The standard InChI is InChI=1S/C19H21NO4/c1-13-3-6-16(7-4-13)20-19(21)24-12-15-5-8-17(14(2)11-15)18-22-9-10-23-18/h3-8,11,18H,9-10,12H2,1-2H3,(H,20,21). The molecule has 1 saturated heterocycles. The van der Waals surface area contributed by atoms with Crippen LogP contribution in [0.1, 0.15) is 28.5 Å². The molecular formula is C19H21NO4. The second kappa shape index (κ2) is 7.47. The maximum absolute atomic E-state index is 11.9. The number of aryl methyl sites for hydroxylation is 2. The van der Waals surface area contributed by atoms with E-state index in [-0.39, 0.29) is 12.9 Å². The minimum absolute atomic E-state index is 0.213. The Morgan fingerprint density at radius 2 is 1.83 bits per heavy atom. The van der Waals surface area contributed by atoms with Gasteiger partial charge in [-0.3, -0.25) is 5.32 Å². The van der Waals surface area contributed by atoms with E-state index in [2.05, 4.69) is 5.32 Å². The van der Waals surface area contributed by atoms with E-state index in [4.69, 9.17) is 14.2 Å². The first-order valence-corrected chi connectivity index (χ1v) is 7.95. The normalized spacial score (nSPS) is 14.6. The van der Waals surface area contributed by atoms with E-state index in [1.807, 2.05) is 56.3 Å². The van der Waals surface area contributed by atoms with Gasteiger partial charge in [0.25, 0.3) is 0 Å². The smallest absolute Gasteiger partial charge is 0.411 e. The second-order valence-electron chi connectivity index (χ2n) is 5.83. The fraction of sp³-hybridized carbons (Fsp3) is 0.316. The average molecular weight is 327 g/mol. The van der Waals surface area contributed by atoms with Crippen molar-refractivity contribution >= 4 is 11.8 Å². The number of amides is 1. The number of nitrogens with one attached hydrogen (secondary N) is 1. The first-order valence-electron chi connectivity index (χ1n) is 7.95. The summed E-state index contributed by atoms with van der Waals surface area (Å²) in [6.07, 6.45) is -0.757. The van der Waals surface area contributed by atoms with Crippen LogP contribution in [-0.2, 0) is 20.8 Å². The summed E-state index contributed by atoms with van der Waals surface area (Å²) in [4.78, 5) is 11.9. The summed E-state index contributed by atoms with van der Waals surface area (Å²) < 4.78 is 16.3. The number of rotatable bonds is 4. The van der Waals surface area contributed by atoms with E-state index in [1.165, 1.54) is 0 Å². The summed E-state index contributed by atoms with van der Waals surface area (Å²) in [6, 6.07) is 13.4. The molecule has 0 unspecified atom stereocenters. The lowest BCUT2D eigenvalue weighted by atomic mass is 10.1. The highest BCUT2D eigenvalue weighted by molar-refractivity contribution is 5.84. The molecule has 1 aliphatic heterocycles. The van der Waals surface area contributed by atoms with Gasteiger partial charge in [-0.1, -0.05) is 35.9 Å². The van der Waals surface area contributed by atoms with Crippen LogP contribution in [0.5, 0.6) is 0 Å². The molecule has 0 bridgehead atoms. The topological polar surface area (TPSA) is 56.8 Å². The van der Waals surface area contributed by atoms with Crippen LogP contribution in [0.3, 0.4) is 0 Å². The van der Waals surface area contributed by atoms with Crippen LogP contribution in [-0.4, -0.2) is 19.3 Å². The van der Waals surface area contributed by atoms with Crippen LogP contribution in [0.2, 0.25) is 0 Å². The van der Waals surface area contributed by atoms with Crippen LogP contribution in [0, 0.1) is 13.8 Å². The van der Waals surface area contributed by atoms with Gasteiger partial charge in [0.2, 0.25) is 0 Å². The first kappa shape index (κ1) is 16.5. The molecule has 0 aliphatic carbocycles. The van der Waals surface area contributed by atoms with Gasteiger partial charge in [-0.25, -0.2) is 4.79 Å². The number of hydrogen-bond donors (Lipinski definition) is 1. The maximum Gasteiger partial charge on any atom is 0.411 e. The summed E-state index contributed by atoms with van der Waals surface area (Å²) in [5, 5.41) is 2.71. The monoisotopic (exact) mass is 327 g/mol. The summed E-state index contributed by atoms with van der Waals surface area (Å²) in [7, 11) is 0. The molecule has 1 heterocycles. The van der Waals surface area contributed by atoms with Crippen LogP contribution >= 0.6 is 0 Å². The molecule has 5 heteroatoms. The third-order valence-corrected chi connectivity index (χ3v) is 3.88. The van der Waals surface area contributed by atoms with Crippen LogP contribution in [0.15, 0.2) is 42.5 Å². The van der Waals surface area contributed by atoms with E-state index >= 15 is 0 Å². The van der Waals surface area contributed by atoms with Crippen molar-refractivity contribution in [2.75, 3.05) is 18.5 Å². The average Bonchev–Trinajstić information content (AvgIpc) is 3.09. The summed E-state index contributed by atoms with van der Waals surface area (Å²) in [5.41, 5.74) is 4.85. The first-order chi connectivity index (χ1) is 11.6. The van der Waals surface area contributed by atoms with Crippen molar-refractivity contribution in [2.24, 2.45) is 0 Å². The van der Waals surface area contributed by atoms with Crippen molar-refractivity contribution in [1.29, 1.82) is 0 Å². The largest absolute Gasteiger partial charge is 0.444 e. The number of carbonyl (C=O) groups is 1. The van der Waals surface area contributed by atoms with Gasteiger partial charge < -0.3 is 14.2 Å². The predicted octanol–water partition coefficient (Wildman–Crippen LogP) is 4.10. The molecule has 0 aromatic heterocycles. The quantitative estimate of drug-likeness (QED) is 0.918. The number of ether oxygens (including phenoxy) is 3. The molecule has 1 fully saturated rings. The van der Waals surface area contributed by atoms with Gasteiger partial charge in [0.15, 0.2) is 6.29 Å². The SMILES string of the molecule is Cc1ccc(NC(=O)OCc2ccc(C3OCCO3)c(C)c2)cc1. The molecular weight excluding hydrogens is 306 g/mol. The third kappa shape index (κ3) is 4.13. The van der Waals surface area contributed by atoms with Crippen LogP contribution in [0.25, 0.3) is 0 Å². The molecule has 3 rings (SSSR count). The van der Waals surface area contributed by atoms with E-state index in [9.17, 15) is 4.79 Å². The Morgan fingerprint density at radius 1 is 1.12 bits per heavy atom. The van der Waals surface area contributed by atoms with Crippen LogP contribution in [0.4, 0.5) is 10.5 Å². The van der Waals surface area contributed by atoms with Gasteiger partial charge >= 0.3 is 6.09 Å². The summed E-state index contributed by atoms with van der Waals surface area (Å²) in [5.74, 6) is 0. The fourth-order valence-corrected chi connectivity index (χ4v) is 2.57. The van der Waals surface area contributed by atoms with Gasteiger partial charge in [0.1, 0.15) is 6.61 Å².